The third-order valence-electron chi connectivity index (χ3n) is 3.72. The Balaban J connectivity index is 2.32. The van der Waals surface area contributed by atoms with Gasteiger partial charge < -0.3 is 5.11 Å². The zero-order valence-electron chi connectivity index (χ0n) is 10.2. The first-order chi connectivity index (χ1) is 8.00. The van der Waals surface area contributed by atoms with Gasteiger partial charge >= 0.3 is 5.97 Å². The Labute approximate surface area is 109 Å². The van der Waals surface area contributed by atoms with E-state index in [2.05, 4.69) is 21.0 Å². The number of hydrogen-bond donors (Lipinski definition) is 1. The fourth-order valence-corrected chi connectivity index (χ4v) is 2.85. The van der Waals surface area contributed by atoms with Crippen molar-refractivity contribution in [1.29, 1.82) is 0 Å². The molecule has 1 N–H and O–H groups in total. The van der Waals surface area contributed by atoms with Crippen molar-refractivity contribution in [3.8, 4) is 0 Å². The minimum absolute atomic E-state index is 0.554. The van der Waals surface area contributed by atoms with Crippen molar-refractivity contribution in [3.05, 3.63) is 15.9 Å². The Morgan fingerprint density at radius 2 is 2.24 bits per heavy atom. The summed E-state index contributed by atoms with van der Waals surface area (Å²) in [5, 5.41) is 13.8. The third kappa shape index (κ3) is 2.01. The lowest BCUT2D eigenvalue weighted by atomic mass is 9.66. The largest absolute Gasteiger partial charge is 0.481 e. The molecule has 1 fully saturated rings. The second-order valence-corrected chi connectivity index (χ2v) is 5.57. The number of hydrogen-bond acceptors (Lipinski definition) is 2. The van der Waals surface area contributed by atoms with Crippen molar-refractivity contribution >= 4 is 21.9 Å². The Kier molecular flexibility index (Phi) is 3.30. The van der Waals surface area contributed by atoms with Gasteiger partial charge in [0.1, 0.15) is 0 Å². The molecule has 0 bridgehead atoms. The molecule has 1 aromatic rings. The summed E-state index contributed by atoms with van der Waals surface area (Å²) in [7, 11) is 0. The topological polar surface area (TPSA) is 55.1 Å². The number of aliphatic carboxylic acids is 1. The highest BCUT2D eigenvalue weighted by molar-refractivity contribution is 9.10. The molecule has 0 saturated heterocycles. The van der Waals surface area contributed by atoms with Gasteiger partial charge in [0.15, 0.2) is 0 Å². The molecular formula is C12H17BrN2O2. The van der Waals surface area contributed by atoms with Crippen molar-refractivity contribution < 1.29 is 9.90 Å². The molecule has 0 radical (unpaired) electrons. The molecule has 1 aliphatic carbocycles. The monoisotopic (exact) mass is 300 g/mol. The predicted octanol–water partition coefficient (Wildman–Crippen LogP) is 2.77. The van der Waals surface area contributed by atoms with Gasteiger partial charge in [-0.1, -0.05) is 6.42 Å². The number of halogens is 1. The molecule has 1 aliphatic rings. The molecule has 4 nitrogen and oxygen atoms in total. The average Bonchev–Trinajstić information content (AvgIpc) is 2.49. The lowest BCUT2D eigenvalue weighted by molar-refractivity contribution is -0.154. The van der Waals surface area contributed by atoms with Crippen molar-refractivity contribution in [3.63, 3.8) is 0 Å². The van der Waals surface area contributed by atoms with Crippen LogP contribution in [0.4, 0.5) is 0 Å². The molecule has 1 aromatic heterocycles. The van der Waals surface area contributed by atoms with Crippen molar-refractivity contribution in [2.24, 2.45) is 5.41 Å². The van der Waals surface area contributed by atoms with Crippen LogP contribution in [0.3, 0.4) is 0 Å². The Morgan fingerprint density at radius 3 is 2.65 bits per heavy atom. The number of aryl methyl sites for hydroxylation is 2. The summed E-state index contributed by atoms with van der Waals surface area (Å²) in [6.07, 6.45) is 3.16. The van der Waals surface area contributed by atoms with E-state index in [1.807, 2.05) is 18.5 Å². The number of carboxylic acid groups (broad SMARTS) is 1. The minimum Gasteiger partial charge on any atom is -0.481 e. The molecular weight excluding hydrogens is 284 g/mol. The fourth-order valence-electron chi connectivity index (χ4n) is 2.43. The molecule has 0 aromatic carbocycles. The molecule has 0 spiro atoms. The second-order valence-electron chi connectivity index (χ2n) is 4.78. The van der Waals surface area contributed by atoms with Gasteiger partial charge in [0.25, 0.3) is 0 Å². The van der Waals surface area contributed by atoms with E-state index in [0.717, 1.165) is 41.7 Å². The predicted molar refractivity (Wildman–Crippen MR) is 68.0 cm³/mol. The average molecular weight is 301 g/mol. The highest BCUT2D eigenvalue weighted by Gasteiger charge is 2.45. The highest BCUT2D eigenvalue weighted by atomic mass is 79.9. The smallest absolute Gasteiger partial charge is 0.310 e. The molecule has 94 valence electrons. The van der Waals surface area contributed by atoms with Gasteiger partial charge in [-0.25, -0.2) is 0 Å². The second kappa shape index (κ2) is 4.44. The van der Waals surface area contributed by atoms with Crippen LogP contribution in [-0.4, -0.2) is 20.9 Å². The SMILES string of the molecule is CCn1nc(C)c(Br)c1CC1(C(=O)O)CCC1. The fraction of sp³-hybridized carbons (Fsp3) is 0.667. The molecule has 0 aliphatic heterocycles. The van der Waals surface area contributed by atoms with Gasteiger partial charge in [0.05, 0.1) is 21.3 Å². The maximum absolute atomic E-state index is 11.4. The van der Waals surface area contributed by atoms with Gasteiger partial charge in [0, 0.05) is 13.0 Å². The maximum Gasteiger partial charge on any atom is 0.310 e. The summed E-state index contributed by atoms with van der Waals surface area (Å²) >= 11 is 3.52. The first kappa shape index (κ1) is 12.6. The molecule has 1 heterocycles. The van der Waals surface area contributed by atoms with Crippen molar-refractivity contribution in [2.75, 3.05) is 0 Å². The summed E-state index contributed by atoms with van der Waals surface area (Å²) in [5.74, 6) is -0.669. The van der Waals surface area contributed by atoms with E-state index in [9.17, 15) is 9.90 Å². The van der Waals surface area contributed by atoms with Crippen LogP contribution in [0.25, 0.3) is 0 Å². The number of carbonyl (C=O) groups is 1. The normalized spacial score (nSPS) is 17.8. The molecule has 1 saturated carbocycles. The Hall–Kier alpha value is -0.840. The number of aromatic nitrogens is 2. The van der Waals surface area contributed by atoms with Gasteiger partial charge in [-0.2, -0.15) is 5.10 Å². The van der Waals surface area contributed by atoms with Crippen LogP contribution in [0.5, 0.6) is 0 Å². The molecule has 0 atom stereocenters. The molecule has 0 unspecified atom stereocenters. The summed E-state index contributed by atoms with van der Waals surface area (Å²) in [5.41, 5.74) is 1.40. The zero-order chi connectivity index (χ0) is 12.6. The van der Waals surface area contributed by atoms with E-state index < -0.39 is 11.4 Å². The molecule has 0 amide bonds. The molecule has 17 heavy (non-hydrogen) atoms. The molecule has 2 rings (SSSR count). The lowest BCUT2D eigenvalue weighted by Crippen LogP contribution is -2.40. The highest BCUT2D eigenvalue weighted by Crippen LogP contribution is 2.45. The van der Waals surface area contributed by atoms with Gasteiger partial charge in [-0.3, -0.25) is 9.48 Å². The van der Waals surface area contributed by atoms with Crippen LogP contribution in [-0.2, 0) is 17.8 Å². The Morgan fingerprint density at radius 1 is 1.59 bits per heavy atom. The van der Waals surface area contributed by atoms with E-state index in [1.165, 1.54) is 0 Å². The van der Waals surface area contributed by atoms with E-state index >= 15 is 0 Å². The maximum atomic E-state index is 11.4. The first-order valence-electron chi connectivity index (χ1n) is 5.95. The van der Waals surface area contributed by atoms with Crippen LogP contribution >= 0.6 is 15.9 Å². The standard InChI is InChI=1S/C12H17BrN2O2/c1-3-15-9(10(13)8(2)14-15)7-12(11(16)17)5-4-6-12/h3-7H2,1-2H3,(H,16,17). The quantitative estimate of drug-likeness (QED) is 0.930. The van der Waals surface area contributed by atoms with Crippen LogP contribution in [0.15, 0.2) is 4.47 Å². The van der Waals surface area contributed by atoms with Crippen LogP contribution in [0.1, 0.15) is 37.6 Å². The van der Waals surface area contributed by atoms with Gasteiger partial charge in [0.2, 0.25) is 0 Å². The summed E-state index contributed by atoms with van der Waals surface area (Å²) in [6, 6.07) is 0. The minimum atomic E-state index is -0.669. The van der Waals surface area contributed by atoms with Crippen LogP contribution < -0.4 is 0 Å². The summed E-state index contributed by atoms with van der Waals surface area (Å²) < 4.78 is 2.87. The molecule has 5 heteroatoms. The van der Waals surface area contributed by atoms with E-state index in [-0.39, 0.29) is 0 Å². The summed E-state index contributed by atoms with van der Waals surface area (Å²) in [6.45, 7) is 4.74. The number of carboxylic acids is 1. The van der Waals surface area contributed by atoms with Gasteiger partial charge in [-0.05, 0) is 42.6 Å². The van der Waals surface area contributed by atoms with Crippen molar-refractivity contribution in [1.82, 2.24) is 9.78 Å². The number of rotatable bonds is 4. The van der Waals surface area contributed by atoms with Crippen LogP contribution in [0, 0.1) is 12.3 Å². The van der Waals surface area contributed by atoms with E-state index in [4.69, 9.17) is 0 Å². The van der Waals surface area contributed by atoms with Crippen LogP contribution in [0.2, 0.25) is 0 Å². The summed E-state index contributed by atoms with van der Waals surface area (Å²) in [4.78, 5) is 11.4. The van der Waals surface area contributed by atoms with E-state index in [1.54, 1.807) is 0 Å². The lowest BCUT2D eigenvalue weighted by Gasteiger charge is -2.37. The van der Waals surface area contributed by atoms with E-state index in [0.29, 0.717) is 6.42 Å². The van der Waals surface area contributed by atoms with Crippen molar-refractivity contribution in [2.45, 2.75) is 46.1 Å². The zero-order valence-corrected chi connectivity index (χ0v) is 11.7. The number of nitrogens with zero attached hydrogens (tertiary/aromatic N) is 2. The Bertz CT molecular complexity index is 450. The first-order valence-corrected chi connectivity index (χ1v) is 6.74. The third-order valence-corrected chi connectivity index (χ3v) is 4.75. The van der Waals surface area contributed by atoms with Gasteiger partial charge in [-0.15, -0.1) is 0 Å².